The predicted molar refractivity (Wildman–Crippen MR) is 334 cm³/mol. The van der Waals surface area contributed by atoms with E-state index in [-0.39, 0.29) is 38.6 Å². The summed E-state index contributed by atoms with van der Waals surface area (Å²) in [6.45, 7) is 1.60. The predicted octanol–water partition coefficient (Wildman–Crippen LogP) is 10.8. The van der Waals surface area contributed by atoms with E-state index in [1.165, 1.54) is 21.3 Å². The van der Waals surface area contributed by atoms with Crippen molar-refractivity contribution < 1.29 is 62.8 Å². The van der Waals surface area contributed by atoms with Crippen molar-refractivity contribution in [3.8, 4) is 34.8 Å². The smallest absolute Gasteiger partial charge is 0.304 e. The van der Waals surface area contributed by atoms with Crippen molar-refractivity contribution in [3.63, 3.8) is 0 Å². The number of ether oxygens (including phenoxy) is 5. The van der Waals surface area contributed by atoms with Crippen molar-refractivity contribution in [1.82, 2.24) is 5.32 Å². The van der Waals surface area contributed by atoms with Gasteiger partial charge in [0.25, 0.3) is 0 Å². The van der Waals surface area contributed by atoms with E-state index >= 15 is 0 Å². The molecule has 0 spiro atoms. The van der Waals surface area contributed by atoms with Gasteiger partial charge in [-0.2, -0.15) is 5.26 Å². The monoisotopic (exact) mass is 1190 g/mol. The highest BCUT2D eigenvalue weighted by Crippen LogP contribution is 2.25. The number of hydrogen-bond donors (Lipinski definition) is 4. The Bertz CT molecular complexity index is 3510. The van der Waals surface area contributed by atoms with Gasteiger partial charge in [0.15, 0.2) is 0 Å². The SMILES string of the molecule is CNC(=O)CC(C#N)c1ccc(OCc2ccc(OC/C(=N\OC)c3ccccc3)cc2)cc1.CO/N=C(\COc1ccc(CO)cc1)c1ccccc1.CO/N=C(\COc1ccc(COc2ccc(C(CC(=O)O)C(N)=O)cc2)cc1)c1ccccc1. The number of primary amides is 1. The number of carboxylic acid groups (broad SMARTS) is 1. The Labute approximate surface area is 511 Å². The molecule has 0 saturated carbocycles. The van der Waals surface area contributed by atoms with Crippen LogP contribution < -0.4 is 34.7 Å². The lowest BCUT2D eigenvalue weighted by atomic mass is 9.95. The number of oxime groups is 3. The molecule has 2 unspecified atom stereocenters. The minimum atomic E-state index is -1.08. The van der Waals surface area contributed by atoms with Gasteiger partial charge in [-0.15, -0.1) is 0 Å². The topological polar surface area (TPSA) is 264 Å². The first-order valence-electron chi connectivity index (χ1n) is 27.7. The molecule has 0 heterocycles. The molecular formula is C69H70N6O13. The number of carboxylic acids is 1. The Kier molecular flexibility index (Phi) is 27.6. The molecule has 8 aromatic carbocycles. The van der Waals surface area contributed by atoms with Crippen molar-refractivity contribution in [2.45, 2.75) is 44.5 Å². The first kappa shape index (κ1) is 66.2. The van der Waals surface area contributed by atoms with Crippen LogP contribution in [0, 0.1) is 11.3 Å². The number of aliphatic hydroxyl groups excluding tert-OH is 1. The minimum Gasteiger partial charge on any atom is -0.489 e. The number of nitrogens with zero attached hydrogens (tertiary/aromatic N) is 4. The molecule has 0 aliphatic heterocycles. The van der Waals surface area contributed by atoms with Crippen LogP contribution in [0.2, 0.25) is 0 Å². The Balaban J connectivity index is 0.000000218. The quantitative estimate of drug-likeness (QED) is 0.0251. The molecule has 19 nitrogen and oxygen atoms in total. The Hall–Kier alpha value is -11.0. The van der Waals surface area contributed by atoms with Gasteiger partial charge in [-0.3, -0.25) is 14.4 Å². The minimum absolute atomic E-state index is 0.0285. The first-order valence-corrected chi connectivity index (χ1v) is 27.7. The zero-order valence-corrected chi connectivity index (χ0v) is 49.3. The van der Waals surface area contributed by atoms with Crippen LogP contribution in [-0.2, 0) is 48.7 Å². The first-order chi connectivity index (χ1) is 42.9. The zero-order chi connectivity index (χ0) is 62.7. The van der Waals surface area contributed by atoms with E-state index in [1.807, 2.05) is 176 Å². The molecule has 2 amide bonds. The lowest BCUT2D eigenvalue weighted by molar-refractivity contribution is -0.139. The van der Waals surface area contributed by atoms with E-state index in [9.17, 15) is 19.6 Å². The fraction of sp³-hybridized carbons (Fsp3) is 0.203. The van der Waals surface area contributed by atoms with Gasteiger partial charge in [-0.25, -0.2) is 0 Å². The standard InChI is InChI=1S/C27H27N3O4.C26H26N2O6.C16H17NO3/c1-29-27(31)16-23(17-28)21-10-14-25(15-11-21)33-18-20-8-12-24(13-9-20)34-19-26(30-32-2)22-6-4-3-5-7-22;1-32-28-24(20-5-3-2-4-6-20)17-34-21-11-7-18(8-12-21)16-33-22-13-9-19(10-14-22)23(26(27)31)15-25(29)30;1-19-17-16(14-5-3-2-4-6-14)12-20-15-9-7-13(11-18)8-10-15/h3-15,23H,16,18-19H2,1-2H3,(H,29,31);2-14,23H,15-17H2,1H3,(H2,27,31)(H,29,30);2-10,18H,11-12H2,1H3/b30-26+;28-24+;17-16+. The van der Waals surface area contributed by atoms with Gasteiger partial charge in [-0.05, 0) is 88.5 Å². The summed E-state index contributed by atoms with van der Waals surface area (Å²) in [7, 11) is 6.08. The van der Waals surface area contributed by atoms with Gasteiger partial charge in [-0.1, -0.05) is 167 Å². The van der Waals surface area contributed by atoms with Gasteiger partial charge in [0.05, 0.1) is 30.9 Å². The maximum absolute atomic E-state index is 11.6. The second-order valence-electron chi connectivity index (χ2n) is 19.0. The number of nitriles is 1. The largest absolute Gasteiger partial charge is 0.489 e. The number of carbonyl (C=O) groups is 3. The van der Waals surface area contributed by atoms with Crippen molar-refractivity contribution in [3.05, 3.63) is 257 Å². The molecule has 8 aromatic rings. The Morgan fingerprint density at radius 2 is 0.807 bits per heavy atom. The second kappa shape index (κ2) is 36.7. The molecule has 19 heteroatoms. The van der Waals surface area contributed by atoms with E-state index in [0.717, 1.165) is 50.4 Å². The summed E-state index contributed by atoms with van der Waals surface area (Å²) >= 11 is 0. The summed E-state index contributed by atoms with van der Waals surface area (Å²) in [6, 6.07) is 67.6. The van der Waals surface area contributed by atoms with Crippen LogP contribution in [0.25, 0.3) is 0 Å². The molecule has 88 heavy (non-hydrogen) atoms. The van der Waals surface area contributed by atoms with Gasteiger partial charge < -0.3 is 59.5 Å². The fourth-order valence-electron chi connectivity index (χ4n) is 8.23. The number of amides is 2. The van der Waals surface area contributed by atoms with E-state index in [1.54, 1.807) is 43.4 Å². The molecule has 0 aromatic heterocycles. The molecule has 0 aliphatic rings. The number of benzene rings is 8. The van der Waals surface area contributed by atoms with Crippen LogP contribution in [0.4, 0.5) is 0 Å². The van der Waals surface area contributed by atoms with Crippen LogP contribution in [0.1, 0.15) is 69.2 Å². The Morgan fingerprint density at radius 1 is 0.477 bits per heavy atom. The second-order valence-corrected chi connectivity index (χ2v) is 19.0. The molecule has 454 valence electrons. The summed E-state index contributed by atoms with van der Waals surface area (Å²) < 4.78 is 29.0. The third-order valence-corrected chi connectivity index (χ3v) is 12.9. The molecule has 8 rings (SSSR count). The lowest BCUT2D eigenvalue weighted by Crippen LogP contribution is -2.23. The molecule has 2 atom stereocenters. The van der Waals surface area contributed by atoms with Crippen LogP contribution in [-0.4, -0.2) is 93.3 Å². The molecule has 5 N–H and O–H groups in total. The molecule has 0 radical (unpaired) electrons. The fourth-order valence-corrected chi connectivity index (χ4v) is 8.23. The van der Waals surface area contributed by atoms with Crippen molar-refractivity contribution in [2.24, 2.45) is 21.2 Å². The van der Waals surface area contributed by atoms with Gasteiger partial charge in [0.2, 0.25) is 11.8 Å². The summed E-state index contributed by atoms with van der Waals surface area (Å²) in [5.74, 6) is 0.101. The Morgan fingerprint density at radius 3 is 1.11 bits per heavy atom. The summed E-state index contributed by atoms with van der Waals surface area (Å²) in [6.07, 6.45) is -0.222. The van der Waals surface area contributed by atoms with E-state index < -0.39 is 23.7 Å². The molecule has 0 fully saturated rings. The van der Waals surface area contributed by atoms with Crippen LogP contribution in [0.15, 0.2) is 228 Å². The normalized spacial score (nSPS) is 11.7. The maximum atomic E-state index is 11.6. The average molecular weight is 1190 g/mol. The van der Waals surface area contributed by atoms with Crippen LogP contribution in [0.5, 0.6) is 28.7 Å². The highest BCUT2D eigenvalue weighted by molar-refractivity contribution is 6.02. The van der Waals surface area contributed by atoms with Crippen molar-refractivity contribution >= 4 is 34.9 Å². The summed E-state index contributed by atoms with van der Waals surface area (Å²) in [5, 5.41) is 41.9. The molecule has 0 aliphatic carbocycles. The highest BCUT2D eigenvalue weighted by atomic mass is 16.6. The molecule has 0 saturated heterocycles. The summed E-state index contributed by atoms with van der Waals surface area (Å²) in [4.78, 5) is 48.8. The van der Waals surface area contributed by atoms with Gasteiger partial charge in [0.1, 0.15) is 100 Å². The number of aliphatic hydroxyl groups is 1. The average Bonchev–Trinajstić information content (AvgIpc) is 3.71. The third kappa shape index (κ3) is 22.6. The van der Waals surface area contributed by atoms with E-state index in [4.69, 9.17) is 54.1 Å². The lowest BCUT2D eigenvalue weighted by Gasteiger charge is -2.13. The number of aliphatic carboxylic acids is 1. The zero-order valence-electron chi connectivity index (χ0n) is 49.3. The number of carbonyl (C=O) groups excluding carboxylic acids is 2. The molecular weight excluding hydrogens is 1120 g/mol. The van der Waals surface area contributed by atoms with Crippen LogP contribution >= 0.6 is 0 Å². The van der Waals surface area contributed by atoms with E-state index in [2.05, 4.69) is 26.9 Å². The molecule has 0 bridgehead atoms. The summed E-state index contributed by atoms with van der Waals surface area (Å²) in [5.41, 5.74) is 14.4. The number of rotatable bonds is 29. The number of nitrogens with one attached hydrogen (secondary N) is 1. The van der Waals surface area contributed by atoms with Crippen molar-refractivity contribution in [1.29, 1.82) is 5.26 Å². The maximum Gasteiger partial charge on any atom is 0.304 e. The third-order valence-electron chi connectivity index (χ3n) is 12.9. The number of nitrogens with two attached hydrogens (primary N) is 1. The highest BCUT2D eigenvalue weighted by Gasteiger charge is 2.21. The van der Waals surface area contributed by atoms with Crippen LogP contribution in [0.3, 0.4) is 0 Å². The number of hydrogen-bond acceptors (Lipinski definition) is 16. The van der Waals surface area contributed by atoms with E-state index in [0.29, 0.717) is 59.8 Å². The van der Waals surface area contributed by atoms with Crippen molar-refractivity contribution in [2.75, 3.05) is 48.2 Å². The van der Waals surface area contributed by atoms with Gasteiger partial charge >= 0.3 is 5.97 Å². The van der Waals surface area contributed by atoms with Gasteiger partial charge in [0, 0.05) is 30.2 Å².